The fourth-order valence-corrected chi connectivity index (χ4v) is 3.98. The molecule has 1 atom stereocenters. The van der Waals surface area contributed by atoms with Crippen LogP contribution in [0.4, 0.5) is 5.13 Å². The molecule has 1 aromatic heterocycles. The number of nitrogens with zero attached hydrogens (tertiary/aromatic N) is 1. The number of thiazole rings is 1. The van der Waals surface area contributed by atoms with Gasteiger partial charge in [0.2, 0.25) is 5.91 Å². The summed E-state index contributed by atoms with van der Waals surface area (Å²) >= 11 is 1.32. The lowest BCUT2D eigenvalue weighted by molar-refractivity contribution is -0.120. The van der Waals surface area contributed by atoms with E-state index in [0.29, 0.717) is 11.6 Å². The third-order valence-corrected chi connectivity index (χ3v) is 5.19. The molecule has 2 heterocycles. The first-order valence-corrected chi connectivity index (χ1v) is 8.31. The van der Waals surface area contributed by atoms with Crippen LogP contribution >= 0.6 is 11.3 Å². The fourth-order valence-electron chi connectivity index (χ4n) is 3.06. The highest BCUT2D eigenvalue weighted by Crippen LogP contribution is 2.38. The van der Waals surface area contributed by atoms with E-state index in [9.17, 15) is 9.59 Å². The highest BCUT2D eigenvalue weighted by atomic mass is 32.1. The minimum absolute atomic E-state index is 0.00632. The van der Waals surface area contributed by atoms with Gasteiger partial charge in [-0.3, -0.25) is 9.59 Å². The number of amides is 1. The van der Waals surface area contributed by atoms with Crippen LogP contribution in [0.2, 0.25) is 0 Å². The number of hydrogen-bond acceptors (Lipinski definition) is 5. The SMILES string of the molecule is CC1(C)CC(=O)c2sc(NC(=O)C3CCCNC3)nc2C1. The van der Waals surface area contributed by atoms with Crippen molar-refractivity contribution in [3.8, 4) is 0 Å². The van der Waals surface area contributed by atoms with Gasteiger partial charge in [-0.05, 0) is 31.2 Å². The summed E-state index contributed by atoms with van der Waals surface area (Å²) in [6.45, 7) is 5.88. The van der Waals surface area contributed by atoms with E-state index in [1.807, 2.05) is 0 Å². The largest absolute Gasteiger partial charge is 0.316 e. The molecule has 0 bridgehead atoms. The van der Waals surface area contributed by atoms with E-state index < -0.39 is 0 Å². The summed E-state index contributed by atoms with van der Waals surface area (Å²) in [6, 6.07) is 0. The minimum Gasteiger partial charge on any atom is -0.316 e. The second-order valence-corrected chi connectivity index (χ2v) is 7.77. The van der Waals surface area contributed by atoms with E-state index in [4.69, 9.17) is 0 Å². The van der Waals surface area contributed by atoms with Crippen LogP contribution < -0.4 is 10.6 Å². The van der Waals surface area contributed by atoms with Crippen molar-refractivity contribution in [1.29, 1.82) is 0 Å². The Hall–Kier alpha value is -1.27. The van der Waals surface area contributed by atoms with Crippen LogP contribution in [0.15, 0.2) is 0 Å². The lowest BCUT2D eigenvalue weighted by atomic mass is 9.78. The number of fused-ring (bicyclic) bond motifs is 1. The Morgan fingerprint density at radius 3 is 2.95 bits per heavy atom. The predicted molar refractivity (Wildman–Crippen MR) is 82.8 cm³/mol. The maximum absolute atomic E-state index is 12.2. The Morgan fingerprint density at radius 2 is 2.24 bits per heavy atom. The number of piperidine rings is 1. The molecule has 0 radical (unpaired) electrons. The third-order valence-electron chi connectivity index (χ3n) is 4.13. The number of carbonyl (C=O) groups is 2. The Labute approximate surface area is 128 Å². The number of anilines is 1. The van der Waals surface area contributed by atoms with Crippen LogP contribution in [0.25, 0.3) is 0 Å². The van der Waals surface area contributed by atoms with Crippen molar-refractivity contribution in [2.75, 3.05) is 18.4 Å². The van der Waals surface area contributed by atoms with Gasteiger partial charge in [-0.15, -0.1) is 0 Å². The Morgan fingerprint density at radius 1 is 1.43 bits per heavy atom. The molecule has 1 saturated heterocycles. The number of rotatable bonds is 2. The highest BCUT2D eigenvalue weighted by Gasteiger charge is 2.34. The van der Waals surface area contributed by atoms with Crippen LogP contribution in [0.5, 0.6) is 0 Å². The number of Topliss-reactive ketones (excluding diaryl/α,β-unsaturated/α-hetero) is 1. The monoisotopic (exact) mass is 307 g/mol. The van der Waals surface area contributed by atoms with Gasteiger partial charge in [0.25, 0.3) is 0 Å². The van der Waals surface area contributed by atoms with Crippen molar-refractivity contribution in [3.05, 3.63) is 10.6 Å². The van der Waals surface area contributed by atoms with Gasteiger partial charge in [-0.25, -0.2) is 4.98 Å². The molecule has 1 aromatic rings. The maximum Gasteiger partial charge on any atom is 0.230 e. The van der Waals surface area contributed by atoms with E-state index in [-0.39, 0.29) is 23.0 Å². The molecular weight excluding hydrogens is 286 g/mol. The zero-order valence-electron chi connectivity index (χ0n) is 12.5. The molecule has 0 aromatic carbocycles. The molecule has 114 valence electrons. The van der Waals surface area contributed by atoms with Gasteiger partial charge in [0.15, 0.2) is 10.9 Å². The lowest BCUT2D eigenvalue weighted by Crippen LogP contribution is -2.37. The maximum atomic E-state index is 12.2. The summed E-state index contributed by atoms with van der Waals surface area (Å²) in [5.41, 5.74) is 0.811. The lowest BCUT2D eigenvalue weighted by Gasteiger charge is -2.26. The van der Waals surface area contributed by atoms with Crippen molar-refractivity contribution in [2.24, 2.45) is 11.3 Å². The first-order valence-electron chi connectivity index (χ1n) is 7.49. The summed E-state index contributed by atoms with van der Waals surface area (Å²) in [5, 5.41) is 6.70. The van der Waals surface area contributed by atoms with Crippen LogP contribution in [-0.2, 0) is 11.2 Å². The van der Waals surface area contributed by atoms with E-state index >= 15 is 0 Å². The summed E-state index contributed by atoms with van der Waals surface area (Å²) in [5.74, 6) is 0.172. The van der Waals surface area contributed by atoms with Gasteiger partial charge in [-0.2, -0.15) is 0 Å². The van der Waals surface area contributed by atoms with Gasteiger partial charge in [0, 0.05) is 13.0 Å². The second kappa shape index (κ2) is 5.50. The number of ketones is 1. The van der Waals surface area contributed by atoms with Gasteiger partial charge in [0.1, 0.15) is 0 Å². The Balaban J connectivity index is 1.73. The van der Waals surface area contributed by atoms with E-state index in [1.165, 1.54) is 11.3 Å². The minimum atomic E-state index is -0.0350. The highest BCUT2D eigenvalue weighted by molar-refractivity contribution is 7.17. The summed E-state index contributed by atoms with van der Waals surface area (Å²) in [4.78, 5) is 29.6. The Kier molecular flexibility index (Phi) is 3.84. The smallest absolute Gasteiger partial charge is 0.230 e. The molecule has 2 aliphatic rings. The normalized spacial score (nSPS) is 24.5. The molecule has 0 spiro atoms. The fraction of sp³-hybridized carbons (Fsp3) is 0.667. The van der Waals surface area contributed by atoms with Crippen LogP contribution in [0.3, 0.4) is 0 Å². The van der Waals surface area contributed by atoms with Crippen LogP contribution in [0, 0.1) is 11.3 Å². The summed E-state index contributed by atoms with van der Waals surface area (Å²) in [7, 11) is 0. The van der Waals surface area contributed by atoms with Gasteiger partial charge in [0.05, 0.1) is 16.5 Å². The molecule has 1 aliphatic heterocycles. The van der Waals surface area contributed by atoms with Crippen LogP contribution in [0.1, 0.15) is 48.5 Å². The topological polar surface area (TPSA) is 71.1 Å². The molecule has 5 nitrogen and oxygen atoms in total. The standard InChI is InChI=1S/C15H21N3O2S/c1-15(2)6-10-12(11(19)7-15)21-14(17-10)18-13(20)9-4-3-5-16-8-9/h9,16H,3-8H2,1-2H3,(H,17,18,20). The zero-order chi connectivity index (χ0) is 15.0. The third kappa shape index (κ3) is 3.16. The molecule has 3 rings (SSSR count). The van der Waals surface area contributed by atoms with Gasteiger partial charge < -0.3 is 10.6 Å². The second-order valence-electron chi connectivity index (χ2n) is 6.77. The molecular formula is C15H21N3O2S. The molecule has 21 heavy (non-hydrogen) atoms. The van der Waals surface area contributed by atoms with Crippen molar-refractivity contribution >= 4 is 28.2 Å². The molecule has 1 amide bonds. The van der Waals surface area contributed by atoms with Crippen molar-refractivity contribution in [3.63, 3.8) is 0 Å². The quantitative estimate of drug-likeness (QED) is 0.879. The first-order chi connectivity index (χ1) is 9.94. The zero-order valence-corrected chi connectivity index (χ0v) is 13.3. The van der Waals surface area contributed by atoms with Gasteiger partial charge in [-0.1, -0.05) is 25.2 Å². The van der Waals surface area contributed by atoms with E-state index in [2.05, 4.69) is 29.5 Å². The summed E-state index contributed by atoms with van der Waals surface area (Å²) in [6.07, 6.45) is 3.29. The number of carbonyl (C=O) groups excluding carboxylic acids is 2. The van der Waals surface area contributed by atoms with Crippen molar-refractivity contribution in [2.45, 2.75) is 39.5 Å². The molecule has 6 heteroatoms. The van der Waals surface area contributed by atoms with Crippen molar-refractivity contribution in [1.82, 2.24) is 10.3 Å². The average Bonchev–Trinajstić information content (AvgIpc) is 2.81. The first kappa shape index (κ1) is 14.7. The number of hydrogen-bond donors (Lipinski definition) is 2. The molecule has 1 unspecified atom stereocenters. The molecule has 1 fully saturated rings. The Bertz CT molecular complexity index is 573. The predicted octanol–water partition coefficient (Wildman–Crippen LogP) is 2.24. The molecule has 1 aliphatic carbocycles. The number of nitrogens with one attached hydrogen (secondary N) is 2. The number of aromatic nitrogens is 1. The average molecular weight is 307 g/mol. The molecule has 2 N–H and O–H groups in total. The van der Waals surface area contributed by atoms with E-state index in [0.717, 1.165) is 42.9 Å². The van der Waals surface area contributed by atoms with E-state index in [1.54, 1.807) is 0 Å². The molecule has 0 saturated carbocycles. The van der Waals surface area contributed by atoms with Gasteiger partial charge >= 0.3 is 0 Å². The summed E-state index contributed by atoms with van der Waals surface area (Å²) < 4.78 is 0. The van der Waals surface area contributed by atoms with Crippen LogP contribution in [-0.4, -0.2) is 29.8 Å². The van der Waals surface area contributed by atoms with Crippen molar-refractivity contribution < 1.29 is 9.59 Å².